The van der Waals surface area contributed by atoms with Crippen molar-refractivity contribution in [3.05, 3.63) is 11.6 Å². The van der Waals surface area contributed by atoms with Crippen LogP contribution in [-0.2, 0) is 13.3 Å². The van der Waals surface area contributed by atoms with Gasteiger partial charge in [0.2, 0.25) is 0 Å². The first-order valence-corrected chi connectivity index (χ1v) is 24.4. The summed E-state index contributed by atoms with van der Waals surface area (Å²) >= 11 is 0. The van der Waals surface area contributed by atoms with Gasteiger partial charge in [-0.25, -0.2) is 0 Å². The van der Waals surface area contributed by atoms with Crippen LogP contribution in [0.1, 0.15) is 58.8 Å². The van der Waals surface area contributed by atoms with Crippen molar-refractivity contribution in [3.63, 3.8) is 0 Å². The van der Waals surface area contributed by atoms with E-state index in [1.54, 1.807) is 5.57 Å². The van der Waals surface area contributed by atoms with Gasteiger partial charge in [0, 0.05) is 6.10 Å². The lowest BCUT2D eigenvalue weighted by molar-refractivity contribution is -0.0981. The second-order valence-electron chi connectivity index (χ2n) is 15.5. The van der Waals surface area contributed by atoms with Gasteiger partial charge in [-0.1, -0.05) is 25.5 Å². The van der Waals surface area contributed by atoms with E-state index in [2.05, 4.69) is 78.8 Å². The molecule has 34 heavy (non-hydrogen) atoms. The van der Waals surface area contributed by atoms with E-state index >= 15 is 0 Å². The van der Waals surface area contributed by atoms with Crippen molar-refractivity contribution in [2.24, 2.45) is 28.6 Å². The molecule has 0 aromatic heterocycles. The highest BCUT2D eigenvalue weighted by molar-refractivity contribution is 6.70. The van der Waals surface area contributed by atoms with Crippen molar-refractivity contribution in [1.29, 1.82) is 0 Å². The van der Waals surface area contributed by atoms with Crippen LogP contribution in [0.5, 0.6) is 0 Å². The van der Waals surface area contributed by atoms with Crippen LogP contribution < -0.4 is 0 Å². The molecule has 3 nitrogen and oxygen atoms in total. The highest BCUT2D eigenvalue weighted by Crippen LogP contribution is 2.66. The Balaban J connectivity index is 1.68. The summed E-state index contributed by atoms with van der Waals surface area (Å²) < 4.78 is 20.6. The van der Waals surface area contributed by atoms with E-state index in [1.165, 1.54) is 38.5 Å². The van der Waals surface area contributed by atoms with Gasteiger partial charge < -0.3 is 13.3 Å². The second-order valence-corrected chi connectivity index (χ2v) is 28.9. The third-order valence-electron chi connectivity index (χ3n) is 9.48. The number of rotatable bonds is 6. The molecule has 6 heteroatoms. The second kappa shape index (κ2) is 8.94. The normalized spacial score (nSPS) is 43.1. The molecule has 3 saturated carbocycles. The number of fused-ring (bicyclic) bond motifs is 5. The molecule has 8 unspecified atom stereocenters. The maximum Gasteiger partial charge on any atom is 0.184 e. The maximum atomic E-state index is 7.07. The zero-order valence-corrected chi connectivity index (χ0v) is 27.2. The van der Waals surface area contributed by atoms with Crippen LogP contribution in [0.15, 0.2) is 11.6 Å². The molecule has 4 aliphatic carbocycles. The highest BCUT2D eigenvalue weighted by Gasteiger charge is 2.62. The largest absolute Gasteiger partial charge is 0.414 e. The van der Waals surface area contributed by atoms with Gasteiger partial charge in [0.05, 0.1) is 12.2 Å². The standard InChI is InChI=1S/C28H54O3Si3/c1-27-16-14-21(29-32(3,4)5)18-20(27)19-24(30-33(6,7)8)26-22-12-13-25(31-34(9,10)11)28(22,2)17-15-23(26)27/h19,21-26H,12-18H2,1-11H3. The van der Waals surface area contributed by atoms with Gasteiger partial charge in [-0.05, 0) is 132 Å². The summed E-state index contributed by atoms with van der Waals surface area (Å²) in [7, 11) is -4.77. The van der Waals surface area contributed by atoms with Crippen molar-refractivity contribution >= 4 is 25.0 Å². The van der Waals surface area contributed by atoms with Crippen LogP contribution in [0.4, 0.5) is 0 Å². The van der Waals surface area contributed by atoms with Crippen molar-refractivity contribution in [3.8, 4) is 0 Å². The van der Waals surface area contributed by atoms with Crippen LogP contribution in [0.25, 0.3) is 0 Å². The molecule has 0 bridgehead atoms. The molecule has 4 rings (SSSR count). The molecule has 0 heterocycles. The predicted molar refractivity (Wildman–Crippen MR) is 152 cm³/mol. The molecular formula is C28H54O3Si3. The van der Waals surface area contributed by atoms with Crippen molar-refractivity contribution in [2.75, 3.05) is 0 Å². The lowest BCUT2D eigenvalue weighted by atomic mass is 9.47. The Labute approximate surface area is 214 Å². The molecular weight excluding hydrogens is 469 g/mol. The van der Waals surface area contributed by atoms with E-state index in [0.717, 1.165) is 18.3 Å². The van der Waals surface area contributed by atoms with Crippen LogP contribution >= 0.6 is 0 Å². The van der Waals surface area contributed by atoms with E-state index < -0.39 is 25.0 Å². The lowest BCUT2D eigenvalue weighted by Gasteiger charge is -2.60. The predicted octanol–water partition coefficient (Wildman–Crippen LogP) is 8.22. The van der Waals surface area contributed by atoms with E-state index in [4.69, 9.17) is 13.3 Å². The first-order chi connectivity index (χ1) is 15.4. The van der Waals surface area contributed by atoms with Crippen LogP contribution in [0, 0.1) is 28.6 Å². The summed E-state index contributed by atoms with van der Waals surface area (Å²) in [5, 5.41) is 0. The molecule has 196 valence electrons. The molecule has 0 amide bonds. The summed E-state index contributed by atoms with van der Waals surface area (Å²) in [6.45, 7) is 26.4. The molecule has 0 radical (unpaired) electrons. The quantitative estimate of drug-likeness (QED) is 0.260. The Morgan fingerprint density at radius 3 is 1.91 bits per heavy atom. The third-order valence-corrected chi connectivity index (χ3v) is 12.5. The minimum Gasteiger partial charge on any atom is -0.414 e. The fraction of sp³-hybridized carbons (Fsp3) is 0.929. The molecule has 0 N–H and O–H groups in total. The van der Waals surface area contributed by atoms with Gasteiger partial charge in [-0.2, -0.15) is 0 Å². The van der Waals surface area contributed by atoms with Gasteiger partial charge in [-0.15, -0.1) is 0 Å². The summed E-state index contributed by atoms with van der Waals surface area (Å²) in [4.78, 5) is 0. The Kier molecular flexibility index (Phi) is 7.18. The van der Waals surface area contributed by atoms with Crippen LogP contribution in [0.2, 0.25) is 58.9 Å². The number of hydrogen-bond donors (Lipinski definition) is 0. The average Bonchev–Trinajstić information content (AvgIpc) is 2.95. The van der Waals surface area contributed by atoms with Crippen molar-refractivity contribution in [2.45, 2.75) is 136 Å². The van der Waals surface area contributed by atoms with E-state index in [-0.39, 0.29) is 6.10 Å². The molecule has 4 aliphatic rings. The van der Waals surface area contributed by atoms with Gasteiger partial charge in [-0.3, -0.25) is 0 Å². The van der Waals surface area contributed by atoms with Gasteiger partial charge in [0.25, 0.3) is 0 Å². The van der Waals surface area contributed by atoms with Crippen molar-refractivity contribution < 1.29 is 13.3 Å². The fourth-order valence-electron chi connectivity index (χ4n) is 8.28. The highest BCUT2D eigenvalue weighted by atomic mass is 28.4. The maximum absolute atomic E-state index is 7.07. The fourth-order valence-corrected chi connectivity index (χ4v) is 11.8. The monoisotopic (exact) mass is 522 g/mol. The van der Waals surface area contributed by atoms with Crippen LogP contribution in [-0.4, -0.2) is 43.3 Å². The SMILES string of the molecule is CC12CCC(O[Si](C)(C)C)CC1=CC(O[Si](C)(C)C)C1C2CCC2(C)C(O[Si](C)(C)C)CCC12. The summed E-state index contributed by atoms with van der Waals surface area (Å²) in [6, 6.07) is 0. The summed E-state index contributed by atoms with van der Waals surface area (Å²) in [5.41, 5.74) is 2.30. The Bertz CT molecular complexity index is 792. The molecule has 0 aromatic carbocycles. The lowest BCUT2D eigenvalue weighted by Crippen LogP contribution is -2.57. The Hall–Kier alpha value is 0.271. The van der Waals surface area contributed by atoms with E-state index in [0.29, 0.717) is 29.0 Å². The number of hydrogen-bond acceptors (Lipinski definition) is 3. The topological polar surface area (TPSA) is 27.7 Å². The Morgan fingerprint density at radius 2 is 1.32 bits per heavy atom. The molecule has 0 aliphatic heterocycles. The molecule has 0 saturated heterocycles. The average molecular weight is 523 g/mol. The van der Waals surface area contributed by atoms with Crippen molar-refractivity contribution in [1.82, 2.24) is 0 Å². The zero-order chi connectivity index (χ0) is 25.3. The van der Waals surface area contributed by atoms with E-state index in [9.17, 15) is 0 Å². The molecule has 0 aromatic rings. The van der Waals surface area contributed by atoms with Gasteiger partial charge in [0.15, 0.2) is 25.0 Å². The third kappa shape index (κ3) is 5.42. The molecule has 0 spiro atoms. The van der Waals surface area contributed by atoms with Gasteiger partial charge >= 0.3 is 0 Å². The zero-order valence-electron chi connectivity index (χ0n) is 24.2. The summed E-state index contributed by atoms with van der Waals surface area (Å²) in [6.07, 6.45) is 12.6. The molecule has 8 atom stereocenters. The first-order valence-electron chi connectivity index (χ1n) is 14.2. The van der Waals surface area contributed by atoms with Gasteiger partial charge in [0.1, 0.15) is 0 Å². The Morgan fingerprint density at radius 1 is 0.706 bits per heavy atom. The van der Waals surface area contributed by atoms with Crippen LogP contribution in [0.3, 0.4) is 0 Å². The summed E-state index contributed by atoms with van der Waals surface area (Å²) in [5.74, 6) is 2.11. The molecule has 3 fully saturated rings. The van der Waals surface area contributed by atoms with E-state index in [1.807, 2.05) is 0 Å². The smallest absolute Gasteiger partial charge is 0.184 e. The first kappa shape index (κ1) is 27.3. The minimum absolute atomic E-state index is 0.278. The minimum atomic E-state index is -1.67.